The van der Waals surface area contributed by atoms with Crippen molar-refractivity contribution in [2.24, 2.45) is 0 Å². The van der Waals surface area contributed by atoms with E-state index < -0.39 is 0 Å². The standard InChI is InChI=1S/C23H26N4O2/c1-5-18-8-6-7-15(2)22(18)27-23(28)20-13-21(26-16(3)25-20)24-14-17-9-11-19(29-4)12-10-17/h6-13H,5,14H2,1-4H3,(H,27,28)(H,24,25,26). The predicted octanol–water partition coefficient (Wildman–Crippen LogP) is 4.53. The lowest BCUT2D eigenvalue weighted by Gasteiger charge is -2.13. The maximum atomic E-state index is 12.8. The van der Waals surface area contributed by atoms with Crippen molar-refractivity contribution in [1.29, 1.82) is 0 Å². The maximum absolute atomic E-state index is 12.8. The molecule has 0 radical (unpaired) electrons. The summed E-state index contributed by atoms with van der Waals surface area (Å²) in [5, 5.41) is 6.28. The summed E-state index contributed by atoms with van der Waals surface area (Å²) in [5.41, 5.74) is 4.40. The van der Waals surface area contributed by atoms with Crippen LogP contribution in [0.4, 0.5) is 11.5 Å². The molecular weight excluding hydrogens is 364 g/mol. The van der Waals surface area contributed by atoms with E-state index in [4.69, 9.17) is 4.74 Å². The van der Waals surface area contributed by atoms with Crippen LogP contribution in [0.15, 0.2) is 48.5 Å². The minimum absolute atomic E-state index is 0.244. The molecule has 1 heterocycles. The molecule has 0 aliphatic rings. The predicted molar refractivity (Wildman–Crippen MR) is 116 cm³/mol. The Hall–Kier alpha value is -3.41. The van der Waals surface area contributed by atoms with E-state index in [1.807, 2.05) is 49.4 Å². The first-order chi connectivity index (χ1) is 14.0. The highest BCUT2D eigenvalue weighted by Gasteiger charge is 2.14. The second-order valence-electron chi connectivity index (χ2n) is 6.80. The van der Waals surface area contributed by atoms with Crippen LogP contribution in [0.5, 0.6) is 5.75 Å². The van der Waals surface area contributed by atoms with Crippen molar-refractivity contribution < 1.29 is 9.53 Å². The summed E-state index contributed by atoms with van der Waals surface area (Å²) in [6.07, 6.45) is 0.842. The second-order valence-corrected chi connectivity index (χ2v) is 6.80. The molecule has 29 heavy (non-hydrogen) atoms. The van der Waals surface area contributed by atoms with Crippen molar-refractivity contribution in [3.05, 3.63) is 76.7 Å². The van der Waals surface area contributed by atoms with E-state index in [1.165, 1.54) is 0 Å². The largest absolute Gasteiger partial charge is 0.497 e. The second kappa shape index (κ2) is 9.19. The van der Waals surface area contributed by atoms with E-state index in [9.17, 15) is 4.79 Å². The summed E-state index contributed by atoms with van der Waals surface area (Å²) in [5.74, 6) is 1.72. The first-order valence-corrected chi connectivity index (χ1v) is 9.62. The Morgan fingerprint density at radius 3 is 2.52 bits per heavy atom. The number of aryl methyl sites for hydroxylation is 3. The highest BCUT2D eigenvalue weighted by atomic mass is 16.5. The summed E-state index contributed by atoms with van der Waals surface area (Å²) < 4.78 is 5.18. The highest BCUT2D eigenvalue weighted by Crippen LogP contribution is 2.22. The van der Waals surface area contributed by atoms with Gasteiger partial charge in [-0.1, -0.05) is 37.3 Å². The molecule has 0 unspecified atom stereocenters. The van der Waals surface area contributed by atoms with E-state index in [2.05, 4.69) is 27.5 Å². The van der Waals surface area contributed by atoms with Gasteiger partial charge in [0.2, 0.25) is 0 Å². The summed E-state index contributed by atoms with van der Waals surface area (Å²) in [6, 6.07) is 15.5. The summed E-state index contributed by atoms with van der Waals surface area (Å²) in [7, 11) is 1.64. The number of hydrogen-bond acceptors (Lipinski definition) is 5. The molecule has 6 heteroatoms. The molecule has 0 saturated heterocycles. The number of anilines is 2. The molecule has 3 aromatic rings. The number of nitrogens with one attached hydrogen (secondary N) is 2. The summed E-state index contributed by atoms with van der Waals surface area (Å²) in [4.78, 5) is 21.6. The van der Waals surface area contributed by atoms with Crippen molar-refractivity contribution in [1.82, 2.24) is 9.97 Å². The van der Waals surface area contributed by atoms with Gasteiger partial charge in [-0.2, -0.15) is 0 Å². The van der Waals surface area contributed by atoms with Crippen LogP contribution in [0, 0.1) is 13.8 Å². The van der Waals surface area contributed by atoms with Gasteiger partial charge < -0.3 is 15.4 Å². The lowest BCUT2D eigenvalue weighted by Crippen LogP contribution is -2.17. The van der Waals surface area contributed by atoms with Gasteiger partial charge in [0, 0.05) is 18.3 Å². The number of para-hydroxylation sites is 1. The van der Waals surface area contributed by atoms with Crippen molar-refractivity contribution in [3.8, 4) is 5.75 Å². The van der Waals surface area contributed by atoms with Gasteiger partial charge in [0.15, 0.2) is 0 Å². The summed E-state index contributed by atoms with van der Waals surface area (Å²) in [6.45, 7) is 6.42. The molecule has 2 aromatic carbocycles. The lowest BCUT2D eigenvalue weighted by atomic mass is 10.1. The third-order valence-electron chi connectivity index (χ3n) is 4.68. The molecule has 0 aliphatic heterocycles. The van der Waals surface area contributed by atoms with Gasteiger partial charge in [0.1, 0.15) is 23.1 Å². The zero-order valence-electron chi connectivity index (χ0n) is 17.2. The van der Waals surface area contributed by atoms with Crippen LogP contribution in [0.3, 0.4) is 0 Å². The van der Waals surface area contributed by atoms with Crippen molar-refractivity contribution in [2.45, 2.75) is 33.7 Å². The van der Waals surface area contributed by atoms with Crippen LogP contribution in [-0.4, -0.2) is 23.0 Å². The monoisotopic (exact) mass is 390 g/mol. The SMILES string of the molecule is CCc1cccc(C)c1NC(=O)c1cc(NCc2ccc(OC)cc2)nc(C)n1. The van der Waals surface area contributed by atoms with Crippen molar-refractivity contribution in [2.75, 3.05) is 17.7 Å². The molecule has 6 nitrogen and oxygen atoms in total. The van der Waals surface area contributed by atoms with Gasteiger partial charge in [-0.25, -0.2) is 9.97 Å². The van der Waals surface area contributed by atoms with Gasteiger partial charge in [-0.15, -0.1) is 0 Å². The van der Waals surface area contributed by atoms with Gasteiger partial charge in [0.05, 0.1) is 7.11 Å². The number of hydrogen-bond donors (Lipinski definition) is 2. The Labute approximate surface area is 171 Å². The zero-order chi connectivity index (χ0) is 20.8. The Morgan fingerprint density at radius 2 is 1.83 bits per heavy atom. The fraction of sp³-hybridized carbons (Fsp3) is 0.261. The van der Waals surface area contributed by atoms with Crippen LogP contribution < -0.4 is 15.4 Å². The molecule has 0 spiro atoms. The van der Waals surface area contributed by atoms with Crippen LogP contribution in [-0.2, 0) is 13.0 Å². The zero-order valence-corrected chi connectivity index (χ0v) is 17.2. The van der Waals surface area contributed by atoms with Gasteiger partial charge in [-0.3, -0.25) is 4.79 Å². The number of rotatable bonds is 7. The smallest absolute Gasteiger partial charge is 0.274 e. The van der Waals surface area contributed by atoms with E-state index in [1.54, 1.807) is 20.1 Å². The fourth-order valence-electron chi connectivity index (χ4n) is 3.09. The van der Waals surface area contributed by atoms with E-state index in [0.717, 1.165) is 34.5 Å². The minimum Gasteiger partial charge on any atom is -0.497 e. The number of ether oxygens (including phenoxy) is 1. The lowest BCUT2D eigenvalue weighted by molar-refractivity contribution is 0.102. The Bertz CT molecular complexity index is 1000. The van der Waals surface area contributed by atoms with Crippen molar-refractivity contribution >= 4 is 17.4 Å². The number of nitrogens with zero attached hydrogens (tertiary/aromatic N) is 2. The van der Waals surface area contributed by atoms with Gasteiger partial charge in [-0.05, 0) is 49.1 Å². The van der Waals surface area contributed by atoms with Crippen LogP contribution in [0.2, 0.25) is 0 Å². The number of methoxy groups -OCH3 is 1. The summed E-state index contributed by atoms with van der Waals surface area (Å²) >= 11 is 0. The van der Waals surface area contributed by atoms with Crippen LogP contribution >= 0.6 is 0 Å². The maximum Gasteiger partial charge on any atom is 0.274 e. The minimum atomic E-state index is -0.244. The van der Waals surface area contributed by atoms with Gasteiger partial charge >= 0.3 is 0 Å². The Balaban J connectivity index is 1.75. The molecule has 0 atom stereocenters. The number of carbonyl (C=O) groups excluding carboxylic acids is 1. The van der Waals surface area contributed by atoms with Crippen LogP contribution in [0.1, 0.15) is 39.9 Å². The van der Waals surface area contributed by atoms with Crippen molar-refractivity contribution in [3.63, 3.8) is 0 Å². The normalized spacial score (nSPS) is 10.5. The number of aromatic nitrogens is 2. The first kappa shape index (κ1) is 20.3. The van der Waals surface area contributed by atoms with Crippen LogP contribution in [0.25, 0.3) is 0 Å². The third-order valence-corrected chi connectivity index (χ3v) is 4.68. The molecule has 1 aromatic heterocycles. The average molecular weight is 390 g/mol. The fourth-order valence-corrected chi connectivity index (χ4v) is 3.09. The average Bonchev–Trinajstić information content (AvgIpc) is 2.73. The molecule has 2 N–H and O–H groups in total. The Morgan fingerprint density at radius 1 is 1.07 bits per heavy atom. The van der Waals surface area contributed by atoms with E-state index in [-0.39, 0.29) is 5.91 Å². The topological polar surface area (TPSA) is 76.1 Å². The first-order valence-electron chi connectivity index (χ1n) is 9.62. The molecule has 0 bridgehead atoms. The third kappa shape index (κ3) is 5.10. The molecule has 0 saturated carbocycles. The molecular formula is C23H26N4O2. The number of amides is 1. The number of benzene rings is 2. The van der Waals surface area contributed by atoms with E-state index in [0.29, 0.717) is 23.9 Å². The van der Waals surface area contributed by atoms with Gasteiger partial charge in [0.25, 0.3) is 5.91 Å². The molecule has 1 amide bonds. The molecule has 0 aliphatic carbocycles. The Kier molecular flexibility index (Phi) is 6.44. The molecule has 150 valence electrons. The highest BCUT2D eigenvalue weighted by molar-refractivity contribution is 6.04. The molecule has 0 fully saturated rings. The quantitative estimate of drug-likeness (QED) is 0.620. The number of carbonyl (C=O) groups is 1. The molecule has 3 rings (SSSR count). The van der Waals surface area contributed by atoms with E-state index >= 15 is 0 Å².